The van der Waals surface area contributed by atoms with Crippen LogP contribution in [-0.4, -0.2) is 50.6 Å². The standard InChI is InChI=1S/C25H42N4O2/c1-5-9-11-20(7-3)18-28(19-21(8-4)12-10-6-2)15-16-29-24-14-13-22(25(30)31)17-23(24)26-27-29/h13-14,17,20-21H,5-12,15-16,18-19H2,1-4H3,(H,30,31). The van der Waals surface area contributed by atoms with Crippen molar-refractivity contribution in [2.24, 2.45) is 11.8 Å². The Morgan fingerprint density at radius 2 is 1.65 bits per heavy atom. The Morgan fingerprint density at radius 3 is 2.16 bits per heavy atom. The molecule has 6 nitrogen and oxygen atoms in total. The SMILES string of the molecule is CCCCC(CC)CN(CCn1nnc2cc(C(=O)O)ccc21)CC(CC)CCCC. The normalized spacial score (nSPS) is 13.7. The summed E-state index contributed by atoms with van der Waals surface area (Å²) in [6.07, 6.45) is 10.2. The lowest BCUT2D eigenvalue weighted by molar-refractivity contribution is 0.0697. The summed E-state index contributed by atoms with van der Waals surface area (Å²) in [4.78, 5) is 13.9. The molecule has 0 aliphatic carbocycles. The Hall–Kier alpha value is -1.95. The number of fused-ring (bicyclic) bond motifs is 1. The van der Waals surface area contributed by atoms with Crippen LogP contribution in [0.25, 0.3) is 11.0 Å². The molecule has 2 rings (SSSR count). The molecule has 0 saturated heterocycles. The maximum Gasteiger partial charge on any atom is 0.335 e. The number of unbranched alkanes of at least 4 members (excludes halogenated alkanes) is 2. The lowest BCUT2D eigenvalue weighted by atomic mass is 9.95. The van der Waals surface area contributed by atoms with Crippen molar-refractivity contribution in [2.45, 2.75) is 85.6 Å². The van der Waals surface area contributed by atoms with E-state index in [0.29, 0.717) is 5.52 Å². The molecule has 2 unspecified atom stereocenters. The fraction of sp³-hybridized carbons (Fsp3) is 0.720. The number of benzene rings is 1. The van der Waals surface area contributed by atoms with Crippen LogP contribution in [0.4, 0.5) is 0 Å². The predicted octanol–water partition coefficient (Wildman–Crippen LogP) is 5.86. The van der Waals surface area contributed by atoms with Crippen LogP contribution in [0.3, 0.4) is 0 Å². The average Bonchev–Trinajstić information content (AvgIpc) is 3.19. The topological polar surface area (TPSA) is 71.2 Å². The molecule has 1 heterocycles. The van der Waals surface area contributed by atoms with Crippen LogP contribution in [0.1, 0.15) is 89.4 Å². The van der Waals surface area contributed by atoms with E-state index in [1.54, 1.807) is 12.1 Å². The first kappa shape index (κ1) is 25.3. The molecular formula is C25H42N4O2. The van der Waals surface area contributed by atoms with Gasteiger partial charge in [-0.05, 0) is 42.9 Å². The number of aromatic nitrogens is 3. The van der Waals surface area contributed by atoms with Crippen molar-refractivity contribution in [1.29, 1.82) is 0 Å². The zero-order chi connectivity index (χ0) is 22.6. The predicted molar refractivity (Wildman–Crippen MR) is 128 cm³/mol. The summed E-state index contributed by atoms with van der Waals surface area (Å²) >= 11 is 0. The summed E-state index contributed by atoms with van der Waals surface area (Å²) in [6, 6.07) is 5.07. The van der Waals surface area contributed by atoms with Crippen LogP contribution in [0.2, 0.25) is 0 Å². The smallest absolute Gasteiger partial charge is 0.335 e. The van der Waals surface area contributed by atoms with Gasteiger partial charge in [-0.1, -0.05) is 71.4 Å². The van der Waals surface area contributed by atoms with E-state index in [-0.39, 0.29) is 5.56 Å². The van der Waals surface area contributed by atoms with Crippen molar-refractivity contribution in [3.63, 3.8) is 0 Å². The molecule has 0 fully saturated rings. The van der Waals surface area contributed by atoms with E-state index in [1.807, 2.05) is 10.7 Å². The van der Waals surface area contributed by atoms with Crippen LogP contribution in [0.15, 0.2) is 18.2 Å². The van der Waals surface area contributed by atoms with Crippen molar-refractivity contribution in [3.8, 4) is 0 Å². The number of nitrogens with zero attached hydrogens (tertiary/aromatic N) is 4. The molecule has 1 aromatic heterocycles. The lowest BCUT2D eigenvalue weighted by Gasteiger charge is -2.30. The zero-order valence-electron chi connectivity index (χ0n) is 20.0. The van der Waals surface area contributed by atoms with Gasteiger partial charge in [-0.3, -0.25) is 0 Å². The fourth-order valence-corrected chi connectivity index (χ4v) is 4.33. The van der Waals surface area contributed by atoms with Gasteiger partial charge in [-0.15, -0.1) is 5.10 Å². The summed E-state index contributed by atoms with van der Waals surface area (Å²) in [6.45, 7) is 13.2. The minimum Gasteiger partial charge on any atom is -0.478 e. The molecule has 0 aliphatic heterocycles. The molecule has 174 valence electrons. The highest BCUT2D eigenvalue weighted by Crippen LogP contribution is 2.20. The van der Waals surface area contributed by atoms with Gasteiger partial charge in [0.2, 0.25) is 0 Å². The molecule has 0 bridgehead atoms. The molecular weight excluding hydrogens is 388 g/mol. The number of carboxylic acid groups (broad SMARTS) is 1. The molecule has 0 saturated carbocycles. The highest BCUT2D eigenvalue weighted by molar-refractivity contribution is 5.92. The van der Waals surface area contributed by atoms with E-state index < -0.39 is 5.97 Å². The Bertz CT molecular complexity index is 771. The molecule has 0 radical (unpaired) electrons. The number of hydrogen-bond acceptors (Lipinski definition) is 4. The van der Waals surface area contributed by atoms with E-state index in [4.69, 9.17) is 0 Å². The Labute approximate surface area is 188 Å². The minimum atomic E-state index is -0.932. The maximum absolute atomic E-state index is 11.2. The molecule has 0 spiro atoms. The van der Waals surface area contributed by atoms with Crippen molar-refractivity contribution < 1.29 is 9.90 Å². The number of carboxylic acids is 1. The highest BCUT2D eigenvalue weighted by atomic mass is 16.4. The monoisotopic (exact) mass is 430 g/mol. The van der Waals surface area contributed by atoms with E-state index >= 15 is 0 Å². The van der Waals surface area contributed by atoms with Gasteiger partial charge in [0.15, 0.2) is 0 Å². The molecule has 2 aromatic rings. The zero-order valence-corrected chi connectivity index (χ0v) is 20.0. The van der Waals surface area contributed by atoms with Crippen molar-refractivity contribution >= 4 is 17.0 Å². The van der Waals surface area contributed by atoms with Crippen molar-refractivity contribution in [3.05, 3.63) is 23.8 Å². The lowest BCUT2D eigenvalue weighted by Crippen LogP contribution is -2.36. The summed E-state index contributed by atoms with van der Waals surface area (Å²) in [5.41, 5.74) is 1.81. The van der Waals surface area contributed by atoms with E-state index in [2.05, 4.69) is 42.9 Å². The van der Waals surface area contributed by atoms with Crippen molar-refractivity contribution in [1.82, 2.24) is 19.9 Å². The van der Waals surface area contributed by atoms with Gasteiger partial charge in [0, 0.05) is 19.6 Å². The first-order valence-electron chi connectivity index (χ1n) is 12.3. The first-order valence-corrected chi connectivity index (χ1v) is 12.3. The average molecular weight is 431 g/mol. The quantitative estimate of drug-likeness (QED) is 0.361. The third-order valence-corrected chi connectivity index (χ3v) is 6.51. The largest absolute Gasteiger partial charge is 0.478 e. The summed E-state index contributed by atoms with van der Waals surface area (Å²) < 4.78 is 1.92. The number of aromatic carboxylic acids is 1. The molecule has 2 atom stereocenters. The summed E-state index contributed by atoms with van der Waals surface area (Å²) in [5, 5.41) is 17.7. The third-order valence-electron chi connectivity index (χ3n) is 6.51. The Morgan fingerprint density at radius 1 is 1.03 bits per heavy atom. The molecule has 1 N–H and O–H groups in total. The molecule has 6 heteroatoms. The van der Waals surface area contributed by atoms with Gasteiger partial charge >= 0.3 is 5.97 Å². The Kier molecular flexibility index (Phi) is 11.0. The van der Waals surface area contributed by atoms with Gasteiger partial charge in [-0.25, -0.2) is 9.48 Å². The third kappa shape index (κ3) is 7.91. The number of hydrogen-bond donors (Lipinski definition) is 1. The molecule has 31 heavy (non-hydrogen) atoms. The molecule has 0 aliphatic rings. The molecule has 0 amide bonds. The maximum atomic E-state index is 11.2. The first-order chi connectivity index (χ1) is 15.0. The number of rotatable bonds is 16. The van der Waals surface area contributed by atoms with Crippen LogP contribution in [-0.2, 0) is 6.54 Å². The van der Waals surface area contributed by atoms with Gasteiger partial charge in [0.05, 0.1) is 17.6 Å². The fourth-order valence-electron chi connectivity index (χ4n) is 4.33. The number of carbonyl (C=O) groups is 1. The van der Waals surface area contributed by atoms with Gasteiger partial charge in [0.25, 0.3) is 0 Å². The van der Waals surface area contributed by atoms with Gasteiger partial charge < -0.3 is 10.0 Å². The second-order valence-corrected chi connectivity index (χ2v) is 8.91. The van der Waals surface area contributed by atoms with Crippen LogP contribution >= 0.6 is 0 Å². The second-order valence-electron chi connectivity index (χ2n) is 8.91. The van der Waals surface area contributed by atoms with Crippen LogP contribution in [0, 0.1) is 11.8 Å². The summed E-state index contributed by atoms with van der Waals surface area (Å²) in [5.74, 6) is 0.557. The Balaban J connectivity index is 2.09. The van der Waals surface area contributed by atoms with Crippen LogP contribution < -0.4 is 0 Å². The second kappa shape index (κ2) is 13.5. The van der Waals surface area contributed by atoms with E-state index in [9.17, 15) is 9.90 Å². The molecule has 1 aromatic carbocycles. The minimum absolute atomic E-state index is 0.254. The van der Waals surface area contributed by atoms with Gasteiger partial charge in [0.1, 0.15) is 5.52 Å². The van der Waals surface area contributed by atoms with E-state index in [0.717, 1.165) is 43.5 Å². The highest BCUT2D eigenvalue weighted by Gasteiger charge is 2.18. The van der Waals surface area contributed by atoms with E-state index in [1.165, 1.54) is 51.4 Å². The van der Waals surface area contributed by atoms with Gasteiger partial charge in [-0.2, -0.15) is 0 Å². The van der Waals surface area contributed by atoms with Crippen LogP contribution in [0.5, 0.6) is 0 Å². The summed E-state index contributed by atoms with van der Waals surface area (Å²) in [7, 11) is 0. The van der Waals surface area contributed by atoms with Crippen molar-refractivity contribution in [2.75, 3.05) is 19.6 Å².